The third-order valence-corrected chi connectivity index (χ3v) is 3.15. The summed E-state index contributed by atoms with van der Waals surface area (Å²) in [6, 6.07) is 16.6. The number of hydrogen-bond acceptors (Lipinski definition) is 3. The van der Waals surface area contributed by atoms with Crippen LogP contribution in [0.15, 0.2) is 48.5 Å². The van der Waals surface area contributed by atoms with Gasteiger partial charge in [0, 0.05) is 12.6 Å². The summed E-state index contributed by atoms with van der Waals surface area (Å²) in [5.41, 5.74) is 2.33. The van der Waals surface area contributed by atoms with Gasteiger partial charge in [-0.3, -0.25) is 0 Å². The van der Waals surface area contributed by atoms with Gasteiger partial charge in [-0.25, -0.2) is 0 Å². The summed E-state index contributed by atoms with van der Waals surface area (Å²) < 4.78 is 11.1. The molecule has 0 unspecified atom stereocenters. The van der Waals surface area contributed by atoms with E-state index in [2.05, 4.69) is 31.3 Å². The summed E-state index contributed by atoms with van der Waals surface area (Å²) in [5, 5.41) is 3.41. The van der Waals surface area contributed by atoms with E-state index in [1.807, 2.05) is 36.4 Å². The zero-order chi connectivity index (χ0) is 15.1. The summed E-state index contributed by atoms with van der Waals surface area (Å²) in [4.78, 5) is 0. The number of methoxy groups -OCH3 is 1. The summed E-state index contributed by atoms with van der Waals surface area (Å²) in [6.07, 6.45) is 0. The van der Waals surface area contributed by atoms with Gasteiger partial charge in [-0.1, -0.05) is 38.1 Å². The smallest absolute Gasteiger partial charge is 0.120 e. The maximum atomic E-state index is 5.86. The highest BCUT2D eigenvalue weighted by atomic mass is 16.5. The molecule has 0 saturated heterocycles. The molecule has 0 aliphatic carbocycles. The monoisotopic (exact) mass is 285 g/mol. The first kappa shape index (κ1) is 15.4. The van der Waals surface area contributed by atoms with Crippen molar-refractivity contribution < 1.29 is 9.47 Å². The molecular weight excluding hydrogens is 262 g/mol. The van der Waals surface area contributed by atoms with Gasteiger partial charge in [-0.15, -0.1) is 0 Å². The predicted molar refractivity (Wildman–Crippen MR) is 85.7 cm³/mol. The lowest BCUT2D eigenvalue weighted by atomic mass is 10.2. The highest BCUT2D eigenvalue weighted by molar-refractivity contribution is 5.31. The van der Waals surface area contributed by atoms with Crippen LogP contribution < -0.4 is 14.8 Å². The third-order valence-electron chi connectivity index (χ3n) is 3.15. The highest BCUT2D eigenvalue weighted by Gasteiger charge is 2.00. The molecule has 0 atom stereocenters. The van der Waals surface area contributed by atoms with Crippen molar-refractivity contribution in [2.45, 2.75) is 33.0 Å². The fourth-order valence-corrected chi connectivity index (χ4v) is 2.00. The number of benzene rings is 2. The first-order valence-electron chi connectivity index (χ1n) is 7.25. The summed E-state index contributed by atoms with van der Waals surface area (Å²) in [7, 11) is 1.67. The van der Waals surface area contributed by atoms with Crippen LogP contribution in [0.2, 0.25) is 0 Å². The molecule has 0 spiro atoms. The Morgan fingerprint density at radius 2 is 1.62 bits per heavy atom. The molecule has 2 aromatic rings. The van der Waals surface area contributed by atoms with Gasteiger partial charge in [0.1, 0.15) is 18.1 Å². The largest absolute Gasteiger partial charge is 0.497 e. The van der Waals surface area contributed by atoms with Crippen molar-refractivity contribution in [3.05, 3.63) is 59.7 Å². The van der Waals surface area contributed by atoms with Crippen LogP contribution in [0, 0.1) is 0 Å². The number of hydrogen-bond donors (Lipinski definition) is 1. The fraction of sp³-hybridized carbons (Fsp3) is 0.333. The molecule has 0 bridgehead atoms. The molecule has 0 saturated carbocycles. The maximum absolute atomic E-state index is 5.86. The molecule has 0 heterocycles. The normalized spacial score (nSPS) is 10.7. The lowest BCUT2D eigenvalue weighted by Gasteiger charge is -2.11. The van der Waals surface area contributed by atoms with Crippen molar-refractivity contribution in [2.24, 2.45) is 0 Å². The standard InChI is InChI=1S/C18H23NO2/c1-14(2)19-12-15-6-4-9-18(10-15)21-13-16-7-5-8-17(11-16)20-3/h4-11,14,19H,12-13H2,1-3H3. The van der Waals surface area contributed by atoms with E-state index in [9.17, 15) is 0 Å². The molecule has 3 heteroatoms. The zero-order valence-electron chi connectivity index (χ0n) is 12.9. The molecule has 0 amide bonds. The minimum atomic E-state index is 0.478. The van der Waals surface area contributed by atoms with Gasteiger partial charge in [-0.2, -0.15) is 0 Å². The molecule has 3 nitrogen and oxygen atoms in total. The second-order valence-corrected chi connectivity index (χ2v) is 5.32. The Bertz CT molecular complexity index is 567. The van der Waals surface area contributed by atoms with Crippen molar-refractivity contribution in [1.29, 1.82) is 0 Å². The van der Waals surface area contributed by atoms with Crippen LogP contribution in [0.1, 0.15) is 25.0 Å². The first-order chi connectivity index (χ1) is 10.2. The molecule has 0 aromatic heterocycles. The highest BCUT2D eigenvalue weighted by Crippen LogP contribution is 2.17. The maximum Gasteiger partial charge on any atom is 0.120 e. The first-order valence-corrected chi connectivity index (χ1v) is 7.25. The van der Waals surface area contributed by atoms with E-state index < -0.39 is 0 Å². The van der Waals surface area contributed by atoms with Crippen molar-refractivity contribution in [1.82, 2.24) is 5.32 Å². The lowest BCUT2D eigenvalue weighted by molar-refractivity contribution is 0.305. The van der Waals surface area contributed by atoms with E-state index in [1.54, 1.807) is 7.11 Å². The van der Waals surface area contributed by atoms with Crippen molar-refractivity contribution in [3.63, 3.8) is 0 Å². The SMILES string of the molecule is COc1cccc(COc2cccc(CNC(C)C)c2)c1. The molecule has 0 radical (unpaired) electrons. The Labute approximate surface area is 126 Å². The Kier molecular flexibility index (Phi) is 5.64. The molecule has 0 aliphatic heterocycles. The minimum absolute atomic E-state index is 0.478. The molecule has 21 heavy (non-hydrogen) atoms. The Hall–Kier alpha value is -2.00. The zero-order valence-corrected chi connectivity index (χ0v) is 12.9. The van der Waals surface area contributed by atoms with Crippen LogP contribution in [0.25, 0.3) is 0 Å². The third kappa shape index (κ3) is 5.12. The van der Waals surface area contributed by atoms with Gasteiger partial charge in [0.2, 0.25) is 0 Å². The second kappa shape index (κ2) is 7.70. The Balaban J connectivity index is 1.94. The molecule has 112 valence electrons. The molecule has 1 N–H and O–H groups in total. The van der Waals surface area contributed by atoms with Gasteiger partial charge < -0.3 is 14.8 Å². The summed E-state index contributed by atoms with van der Waals surface area (Å²) in [6.45, 7) is 5.68. The molecule has 0 aliphatic rings. The lowest BCUT2D eigenvalue weighted by Crippen LogP contribution is -2.21. The minimum Gasteiger partial charge on any atom is -0.497 e. The Morgan fingerprint density at radius 3 is 2.33 bits per heavy atom. The van der Waals surface area contributed by atoms with Crippen LogP contribution >= 0.6 is 0 Å². The van der Waals surface area contributed by atoms with Crippen LogP contribution in [-0.2, 0) is 13.2 Å². The van der Waals surface area contributed by atoms with E-state index >= 15 is 0 Å². The van der Waals surface area contributed by atoms with Gasteiger partial charge in [0.15, 0.2) is 0 Å². The summed E-state index contributed by atoms with van der Waals surface area (Å²) in [5.74, 6) is 1.74. The summed E-state index contributed by atoms with van der Waals surface area (Å²) >= 11 is 0. The van der Waals surface area contributed by atoms with Crippen molar-refractivity contribution in [2.75, 3.05) is 7.11 Å². The number of ether oxygens (including phenoxy) is 2. The van der Waals surface area contributed by atoms with E-state index in [0.717, 1.165) is 23.6 Å². The molecular formula is C18H23NO2. The van der Waals surface area contributed by atoms with Gasteiger partial charge >= 0.3 is 0 Å². The van der Waals surface area contributed by atoms with Gasteiger partial charge in [-0.05, 0) is 35.4 Å². The van der Waals surface area contributed by atoms with Crippen molar-refractivity contribution >= 4 is 0 Å². The van der Waals surface area contributed by atoms with E-state index in [-0.39, 0.29) is 0 Å². The second-order valence-electron chi connectivity index (χ2n) is 5.32. The number of rotatable bonds is 7. The van der Waals surface area contributed by atoms with E-state index in [1.165, 1.54) is 5.56 Å². The van der Waals surface area contributed by atoms with Crippen LogP contribution in [-0.4, -0.2) is 13.2 Å². The average molecular weight is 285 g/mol. The predicted octanol–water partition coefficient (Wildman–Crippen LogP) is 3.77. The average Bonchev–Trinajstić information content (AvgIpc) is 2.51. The fourth-order valence-electron chi connectivity index (χ4n) is 2.00. The van der Waals surface area contributed by atoms with E-state index in [0.29, 0.717) is 12.6 Å². The van der Waals surface area contributed by atoms with Gasteiger partial charge in [0.05, 0.1) is 7.11 Å². The van der Waals surface area contributed by atoms with E-state index in [4.69, 9.17) is 9.47 Å². The van der Waals surface area contributed by atoms with Gasteiger partial charge in [0.25, 0.3) is 0 Å². The Morgan fingerprint density at radius 1 is 0.952 bits per heavy atom. The molecule has 2 rings (SSSR count). The molecule has 0 fully saturated rings. The van der Waals surface area contributed by atoms with Crippen LogP contribution in [0.3, 0.4) is 0 Å². The topological polar surface area (TPSA) is 30.5 Å². The van der Waals surface area contributed by atoms with Crippen LogP contribution in [0.5, 0.6) is 11.5 Å². The van der Waals surface area contributed by atoms with Crippen molar-refractivity contribution in [3.8, 4) is 11.5 Å². The molecule has 2 aromatic carbocycles. The number of nitrogens with one attached hydrogen (secondary N) is 1. The van der Waals surface area contributed by atoms with Crippen LogP contribution in [0.4, 0.5) is 0 Å². The quantitative estimate of drug-likeness (QED) is 0.840.